The number of carbonyl (C=O) groups is 1. The summed E-state index contributed by atoms with van der Waals surface area (Å²) in [5.41, 5.74) is 6.85. The molecular formula is C9H8N6O. The van der Waals surface area contributed by atoms with Crippen molar-refractivity contribution in [3.63, 3.8) is 0 Å². The highest BCUT2D eigenvalue weighted by atomic mass is 16.1. The summed E-state index contributed by atoms with van der Waals surface area (Å²) in [6.07, 6.45) is 2.32. The first kappa shape index (κ1) is 9.97. The van der Waals surface area contributed by atoms with Crippen LogP contribution in [-0.2, 0) is 0 Å². The number of nitrogens with two attached hydrogens (primary N) is 1. The van der Waals surface area contributed by atoms with E-state index in [4.69, 9.17) is 5.73 Å². The van der Waals surface area contributed by atoms with Gasteiger partial charge < -0.3 is 5.73 Å². The molecule has 0 amide bonds. The van der Waals surface area contributed by atoms with Crippen molar-refractivity contribution in [3.8, 4) is 0 Å². The molecule has 0 aliphatic carbocycles. The summed E-state index contributed by atoms with van der Waals surface area (Å²) in [6.45, 7) is 0. The Morgan fingerprint density at radius 2 is 1.94 bits per heavy atom. The number of nitrogens with zero attached hydrogens (tertiary/aromatic N) is 5. The second kappa shape index (κ2) is 4.30. The molecule has 80 valence electrons. The van der Waals surface area contributed by atoms with E-state index in [1.165, 1.54) is 0 Å². The van der Waals surface area contributed by atoms with Crippen LogP contribution in [0, 0.1) is 0 Å². The van der Waals surface area contributed by atoms with Crippen molar-refractivity contribution in [2.24, 2.45) is 5.10 Å². The minimum atomic E-state index is 0.112. The maximum Gasteiger partial charge on any atom is 0.263 e. The Balaban J connectivity index is 2.17. The van der Waals surface area contributed by atoms with Crippen molar-refractivity contribution < 1.29 is 4.79 Å². The zero-order chi connectivity index (χ0) is 11.4. The standard InChI is InChI=1S/C9H8N6O/c10-9-12-13-14-15(9)11-5-7-1-3-8(6-16)4-2-7/h1-6H,(H2,10,12,14). The summed E-state index contributed by atoms with van der Waals surface area (Å²) in [5, 5.41) is 14.3. The number of anilines is 1. The minimum Gasteiger partial charge on any atom is -0.365 e. The molecule has 0 aliphatic heterocycles. The van der Waals surface area contributed by atoms with Gasteiger partial charge in [0.25, 0.3) is 5.95 Å². The van der Waals surface area contributed by atoms with Gasteiger partial charge in [-0.05, 0) is 16.0 Å². The van der Waals surface area contributed by atoms with Crippen LogP contribution in [0.3, 0.4) is 0 Å². The summed E-state index contributed by atoms with van der Waals surface area (Å²) in [4.78, 5) is 11.5. The second-order valence-corrected chi connectivity index (χ2v) is 2.96. The summed E-state index contributed by atoms with van der Waals surface area (Å²) in [7, 11) is 0. The van der Waals surface area contributed by atoms with Gasteiger partial charge in [0.05, 0.1) is 6.21 Å². The van der Waals surface area contributed by atoms with Crippen LogP contribution in [0.4, 0.5) is 5.95 Å². The number of aldehydes is 1. The molecule has 2 rings (SSSR count). The Kier molecular flexibility index (Phi) is 2.68. The number of hydrogen-bond donors (Lipinski definition) is 1. The first-order chi connectivity index (χ1) is 7.79. The first-order valence-corrected chi connectivity index (χ1v) is 4.43. The summed E-state index contributed by atoms with van der Waals surface area (Å²) < 4.78 is 0. The molecular weight excluding hydrogens is 208 g/mol. The Labute approximate surface area is 90.6 Å². The molecule has 0 bridgehead atoms. The van der Waals surface area contributed by atoms with Crippen LogP contribution in [0.15, 0.2) is 29.4 Å². The van der Waals surface area contributed by atoms with Gasteiger partial charge in [-0.25, -0.2) is 0 Å². The Morgan fingerprint density at radius 3 is 2.50 bits per heavy atom. The molecule has 0 radical (unpaired) electrons. The van der Waals surface area contributed by atoms with Gasteiger partial charge in [0, 0.05) is 5.56 Å². The number of benzene rings is 1. The smallest absolute Gasteiger partial charge is 0.263 e. The van der Waals surface area contributed by atoms with Crippen molar-refractivity contribution in [2.75, 3.05) is 5.73 Å². The fourth-order valence-corrected chi connectivity index (χ4v) is 1.05. The number of rotatable bonds is 3. The predicted molar refractivity (Wildman–Crippen MR) is 57.1 cm³/mol. The van der Waals surface area contributed by atoms with Crippen LogP contribution in [0.2, 0.25) is 0 Å². The summed E-state index contributed by atoms with van der Waals surface area (Å²) in [6, 6.07) is 6.90. The van der Waals surface area contributed by atoms with E-state index in [1.807, 2.05) is 0 Å². The van der Waals surface area contributed by atoms with Crippen molar-refractivity contribution in [1.29, 1.82) is 0 Å². The average molecular weight is 216 g/mol. The van der Waals surface area contributed by atoms with Crippen LogP contribution in [-0.4, -0.2) is 32.8 Å². The van der Waals surface area contributed by atoms with Gasteiger partial charge in [-0.15, -0.1) is 0 Å². The molecule has 0 saturated heterocycles. The molecule has 0 unspecified atom stereocenters. The van der Waals surface area contributed by atoms with Gasteiger partial charge in [0.2, 0.25) is 0 Å². The molecule has 1 aromatic carbocycles. The quantitative estimate of drug-likeness (QED) is 0.572. The normalized spacial score (nSPS) is 10.8. The molecule has 1 heterocycles. The Morgan fingerprint density at radius 1 is 1.25 bits per heavy atom. The van der Waals surface area contributed by atoms with Crippen LogP contribution >= 0.6 is 0 Å². The van der Waals surface area contributed by atoms with E-state index in [1.54, 1.807) is 30.5 Å². The van der Waals surface area contributed by atoms with E-state index in [-0.39, 0.29) is 5.95 Å². The predicted octanol–water partition coefficient (Wildman–Crippen LogP) is -0.0500. The molecule has 2 N–H and O–H groups in total. The third kappa shape index (κ3) is 2.08. The monoisotopic (exact) mass is 216 g/mol. The number of nitrogen functional groups attached to an aromatic ring is 1. The molecule has 1 aromatic heterocycles. The molecule has 0 fully saturated rings. The highest BCUT2D eigenvalue weighted by Crippen LogP contribution is 2.00. The zero-order valence-electron chi connectivity index (χ0n) is 8.19. The topological polar surface area (TPSA) is 99.1 Å². The average Bonchev–Trinajstić information content (AvgIpc) is 2.73. The molecule has 0 aliphatic rings. The lowest BCUT2D eigenvalue weighted by Gasteiger charge is -1.93. The van der Waals surface area contributed by atoms with E-state index in [0.717, 1.165) is 16.6 Å². The van der Waals surface area contributed by atoms with Gasteiger partial charge >= 0.3 is 0 Å². The SMILES string of the molecule is Nc1nnnn1N=Cc1ccc(C=O)cc1. The van der Waals surface area contributed by atoms with Gasteiger partial charge in [-0.3, -0.25) is 4.79 Å². The Hall–Kier alpha value is -2.57. The molecule has 2 aromatic rings. The second-order valence-electron chi connectivity index (χ2n) is 2.96. The third-order valence-electron chi connectivity index (χ3n) is 1.87. The zero-order valence-corrected chi connectivity index (χ0v) is 8.19. The van der Waals surface area contributed by atoms with E-state index in [9.17, 15) is 4.79 Å². The van der Waals surface area contributed by atoms with Gasteiger partial charge in [0.1, 0.15) is 6.29 Å². The lowest BCUT2D eigenvalue weighted by atomic mass is 10.2. The van der Waals surface area contributed by atoms with Crippen molar-refractivity contribution in [3.05, 3.63) is 35.4 Å². The largest absolute Gasteiger partial charge is 0.365 e. The van der Waals surface area contributed by atoms with E-state index < -0.39 is 0 Å². The number of hydrogen-bond acceptors (Lipinski definition) is 6. The summed E-state index contributed by atoms with van der Waals surface area (Å²) >= 11 is 0. The Bertz CT molecular complexity index is 515. The fourth-order valence-electron chi connectivity index (χ4n) is 1.05. The lowest BCUT2D eigenvalue weighted by Crippen LogP contribution is -1.99. The fraction of sp³-hybridized carbons (Fsp3) is 0. The highest BCUT2D eigenvalue weighted by molar-refractivity contribution is 5.82. The number of aromatic nitrogens is 4. The van der Waals surface area contributed by atoms with Gasteiger partial charge in [-0.2, -0.15) is 5.10 Å². The van der Waals surface area contributed by atoms with Crippen molar-refractivity contribution in [1.82, 2.24) is 20.3 Å². The van der Waals surface area contributed by atoms with E-state index in [2.05, 4.69) is 20.6 Å². The van der Waals surface area contributed by atoms with E-state index >= 15 is 0 Å². The van der Waals surface area contributed by atoms with Crippen LogP contribution in [0.25, 0.3) is 0 Å². The minimum absolute atomic E-state index is 0.112. The first-order valence-electron chi connectivity index (χ1n) is 4.43. The number of tetrazole rings is 1. The van der Waals surface area contributed by atoms with Crippen LogP contribution in [0.5, 0.6) is 0 Å². The van der Waals surface area contributed by atoms with Crippen molar-refractivity contribution in [2.45, 2.75) is 0 Å². The van der Waals surface area contributed by atoms with Gasteiger partial charge in [-0.1, -0.05) is 34.2 Å². The van der Waals surface area contributed by atoms with Crippen LogP contribution < -0.4 is 5.73 Å². The van der Waals surface area contributed by atoms with Gasteiger partial charge in [0.15, 0.2) is 0 Å². The molecule has 0 atom stereocenters. The third-order valence-corrected chi connectivity index (χ3v) is 1.87. The maximum absolute atomic E-state index is 10.4. The van der Waals surface area contributed by atoms with E-state index in [0.29, 0.717) is 5.56 Å². The van der Waals surface area contributed by atoms with Crippen LogP contribution in [0.1, 0.15) is 15.9 Å². The highest BCUT2D eigenvalue weighted by Gasteiger charge is 1.96. The molecule has 7 heteroatoms. The molecule has 16 heavy (non-hydrogen) atoms. The molecule has 0 spiro atoms. The molecule has 0 saturated carbocycles. The van der Waals surface area contributed by atoms with Crippen molar-refractivity contribution >= 4 is 18.4 Å². The lowest BCUT2D eigenvalue weighted by molar-refractivity contribution is 0.112. The number of carbonyl (C=O) groups excluding carboxylic acids is 1. The molecule has 7 nitrogen and oxygen atoms in total. The summed E-state index contributed by atoms with van der Waals surface area (Å²) in [5.74, 6) is 0.112. The maximum atomic E-state index is 10.4.